The van der Waals surface area contributed by atoms with Gasteiger partial charge in [0.05, 0.1) is 22.8 Å². The van der Waals surface area contributed by atoms with Crippen molar-refractivity contribution in [1.29, 1.82) is 0 Å². The highest BCUT2D eigenvalue weighted by molar-refractivity contribution is 6.34. The van der Waals surface area contributed by atoms with Crippen LogP contribution in [0.2, 0.25) is 5.02 Å². The maximum Gasteiger partial charge on any atom is 0.337 e. The largest absolute Gasteiger partial charge is 0.478 e. The number of hydrogen-bond donors (Lipinski definition) is 3. The maximum atomic E-state index is 11.5. The van der Waals surface area contributed by atoms with Gasteiger partial charge in [-0.3, -0.25) is 4.79 Å². The summed E-state index contributed by atoms with van der Waals surface area (Å²) < 4.78 is 0. The molecule has 1 aromatic rings. The van der Waals surface area contributed by atoms with Crippen molar-refractivity contribution in [2.75, 3.05) is 17.2 Å². The molecular weight excluding hydrogens is 294 g/mol. The third-order valence-corrected chi connectivity index (χ3v) is 3.98. The van der Waals surface area contributed by atoms with E-state index < -0.39 is 11.9 Å². The maximum absolute atomic E-state index is 11.5. The molecule has 0 atom stereocenters. The highest BCUT2D eigenvalue weighted by Gasteiger charge is 2.29. The van der Waals surface area contributed by atoms with Crippen LogP contribution in [0.15, 0.2) is 12.1 Å². The molecule has 0 saturated heterocycles. The summed E-state index contributed by atoms with van der Waals surface area (Å²) in [7, 11) is 0. The van der Waals surface area contributed by atoms with Crippen molar-refractivity contribution in [3.8, 4) is 0 Å². The Kier molecular flexibility index (Phi) is 4.57. The van der Waals surface area contributed by atoms with Crippen LogP contribution in [0.25, 0.3) is 0 Å². The molecule has 1 fully saturated rings. The van der Waals surface area contributed by atoms with Gasteiger partial charge in [-0.2, -0.15) is 0 Å². The first-order valence-corrected chi connectivity index (χ1v) is 7.15. The standard InChI is InChI=1S/C14H18ClN3O3/c15-11-6-8(16)5-10(14(20)21)13(11)18(7-12(17)19)9-3-1-2-4-9/h5-6,9H,1-4,7,16H2,(H2,17,19)(H,20,21). The molecule has 0 unspecified atom stereocenters. The van der Waals surface area contributed by atoms with E-state index in [4.69, 9.17) is 23.1 Å². The van der Waals surface area contributed by atoms with Crippen LogP contribution in [0.3, 0.4) is 0 Å². The Morgan fingerprint density at radius 3 is 2.48 bits per heavy atom. The zero-order valence-electron chi connectivity index (χ0n) is 11.5. The number of nitrogens with two attached hydrogens (primary N) is 2. The lowest BCUT2D eigenvalue weighted by Gasteiger charge is -2.32. The lowest BCUT2D eigenvalue weighted by atomic mass is 10.1. The number of rotatable bonds is 5. The summed E-state index contributed by atoms with van der Waals surface area (Å²) in [6.45, 7) is -0.0609. The van der Waals surface area contributed by atoms with Crippen LogP contribution < -0.4 is 16.4 Å². The lowest BCUT2D eigenvalue weighted by Crippen LogP contribution is -2.41. The van der Waals surface area contributed by atoms with Gasteiger partial charge in [0.15, 0.2) is 0 Å². The van der Waals surface area contributed by atoms with Gasteiger partial charge in [-0.05, 0) is 25.0 Å². The van der Waals surface area contributed by atoms with E-state index in [0.717, 1.165) is 25.7 Å². The molecule has 7 heteroatoms. The Morgan fingerprint density at radius 1 is 1.33 bits per heavy atom. The summed E-state index contributed by atoms with van der Waals surface area (Å²) in [6, 6.07) is 2.91. The smallest absolute Gasteiger partial charge is 0.337 e. The molecule has 0 aromatic heterocycles. The Labute approximate surface area is 127 Å². The number of hydrogen-bond acceptors (Lipinski definition) is 4. The fourth-order valence-corrected chi connectivity index (χ4v) is 3.19. The molecule has 0 aliphatic heterocycles. The SMILES string of the molecule is NC(=O)CN(c1c(Cl)cc(N)cc1C(=O)O)C1CCCC1. The van der Waals surface area contributed by atoms with Crippen molar-refractivity contribution in [2.45, 2.75) is 31.7 Å². The third kappa shape index (κ3) is 3.39. The second-order valence-electron chi connectivity index (χ2n) is 5.24. The summed E-state index contributed by atoms with van der Waals surface area (Å²) in [6.07, 6.45) is 3.84. The normalized spacial score (nSPS) is 15.1. The number of benzene rings is 1. The number of halogens is 1. The first-order valence-electron chi connectivity index (χ1n) is 6.77. The molecule has 0 heterocycles. The summed E-state index contributed by atoms with van der Waals surface area (Å²) in [5, 5.41) is 9.61. The highest BCUT2D eigenvalue weighted by Crippen LogP contribution is 2.37. The summed E-state index contributed by atoms with van der Waals surface area (Å²) in [5.74, 6) is -1.65. The minimum Gasteiger partial charge on any atom is -0.478 e. The van der Waals surface area contributed by atoms with E-state index in [9.17, 15) is 14.7 Å². The van der Waals surface area contributed by atoms with Gasteiger partial charge >= 0.3 is 5.97 Å². The van der Waals surface area contributed by atoms with E-state index in [1.165, 1.54) is 12.1 Å². The molecule has 114 valence electrons. The molecule has 1 aliphatic carbocycles. The van der Waals surface area contributed by atoms with E-state index in [1.54, 1.807) is 4.90 Å². The van der Waals surface area contributed by atoms with Gasteiger partial charge in [0, 0.05) is 11.7 Å². The summed E-state index contributed by atoms with van der Waals surface area (Å²) in [5.41, 5.74) is 11.6. The van der Waals surface area contributed by atoms with Gasteiger partial charge in [0.25, 0.3) is 0 Å². The van der Waals surface area contributed by atoms with Gasteiger partial charge in [0.1, 0.15) is 0 Å². The van der Waals surface area contributed by atoms with Crippen LogP contribution in [0.1, 0.15) is 36.0 Å². The highest BCUT2D eigenvalue weighted by atomic mass is 35.5. The number of aromatic carboxylic acids is 1. The molecule has 21 heavy (non-hydrogen) atoms. The summed E-state index contributed by atoms with van der Waals surface area (Å²) >= 11 is 6.20. The predicted molar refractivity (Wildman–Crippen MR) is 81.6 cm³/mol. The zero-order valence-corrected chi connectivity index (χ0v) is 12.3. The molecule has 1 saturated carbocycles. The molecule has 1 aliphatic rings. The fraction of sp³-hybridized carbons (Fsp3) is 0.429. The Morgan fingerprint density at radius 2 is 1.95 bits per heavy atom. The molecule has 5 N–H and O–H groups in total. The molecule has 0 spiro atoms. The number of anilines is 2. The Bertz CT molecular complexity index is 571. The van der Waals surface area contributed by atoms with Gasteiger partial charge in [-0.15, -0.1) is 0 Å². The van der Waals surface area contributed by atoms with E-state index in [-0.39, 0.29) is 28.9 Å². The molecular formula is C14H18ClN3O3. The van der Waals surface area contributed by atoms with Crippen molar-refractivity contribution >= 4 is 34.9 Å². The molecule has 1 amide bonds. The van der Waals surface area contributed by atoms with Crippen LogP contribution in [0.4, 0.5) is 11.4 Å². The number of carboxylic acids is 1. The van der Waals surface area contributed by atoms with Crippen LogP contribution in [0, 0.1) is 0 Å². The summed E-state index contributed by atoms with van der Waals surface area (Å²) in [4.78, 5) is 24.5. The molecule has 2 rings (SSSR count). The Hall–Kier alpha value is -1.95. The molecule has 6 nitrogen and oxygen atoms in total. The van der Waals surface area contributed by atoms with Crippen LogP contribution in [-0.4, -0.2) is 29.6 Å². The first kappa shape index (κ1) is 15.4. The van der Waals surface area contributed by atoms with Crippen LogP contribution in [0.5, 0.6) is 0 Å². The number of carbonyl (C=O) groups excluding carboxylic acids is 1. The number of nitrogens with zero attached hydrogens (tertiary/aromatic N) is 1. The van der Waals surface area contributed by atoms with Crippen LogP contribution >= 0.6 is 11.6 Å². The minimum atomic E-state index is -1.13. The van der Waals surface area contributed by atoms with Gasteiger partial charge in [0.2, 0.25) is 5.91 Å². The first-order chi connectivity index (χ1) is 9.90. The van der Waals surface area contributed by atoms with Gasteiger partial charge in [-0.1, -0.05) is 24.4 Å². The number of amides is 1. The minimum absolute atomic E-state index is 0.00634. The van der Waals surface area contributed by atoms with Crippen LogP contribution in [-0.2, 0) is 4.79 Å². The average Bonchev–Trinajstić information content (AvgIpc) is 2.89. The van der Waals surface area contributed by atoms with E-state index in [0.29, 0.717) is 5.69 Å². The molecule has 0 bridgehead atoms. The average molecular weight is 312 g/mol. The zero-order chi connectivity index (χ0) is 15.6. The van der Waals surface area contributed by atoms with E-state index >= 15 is 0 Å². The fourth-order valence-electron chi connectivity index (χ4n) is 2.85. The second kappa shape index (κ2) is 6.22. The predicted octanol–water partition coefficient (Wildman–Crippen LogP) is 1.85. The number of nitrogen functional groups attached to an aromatic ring is 1. The van der Waals surface area contributed by atoms with Gasteiger partial charge < -0.3 is 21.5 Å². The van der Waals surface area contributed by atoms with Crippen molar-refractivity contribution < 1.29 is 14.7 Å². The Balaban J connectivity index is 2.52. The van der Waals surface area contributed by atoms with E-state index in [2.05, 4.69) is 0 Å². The van der Waals surface area contributed by atoms with Gasteiger partial charge in [-0.25, -0.2) is 4.79 Å². The number of primary amides is 1. The topological polar surface area (TPSA) is 110 Å². The lowest BCUT2D eigenvalue weighted by molar-refractivity contribution is -0.116. The quantitative estimate of drug-likeness (QED) is 0.719. The van der Waals surface area contributed by atoms with E-state index in [1.807, 2.05) is 0 Å². The number of carbonyl (C=O) groups is 2. The van der Waals surface area contributed by atoms with Crippen molar-refractivity contribution in [3.05, 3.63) is 22.7 Å². The monoisotopic (exact) mass is 311 g/mol. The molecule has 1 aromatic carbocycles. The second-order valence-corrected chi connectivity index (χ2v) is 5.64. The van der Waals surface area contributed by atoms with Crippen molar-refractivity contribution in [3.63, 3.8) is 0 Å². The molecule has 0 radical (unpaired) electrons. The van der Waals surface area contributed by atoms with Crippen molar-refractivity contribution in [1.82, 2.24) is 0 Å². The van der Waals surface area contributed by atoms with Crippen molar-refractivity contribution in [2.24, 2.45) is 5.73 Å². The third-order valence-electron chi connectivity index (χ3n) is 3.70. The number of carboxylic acid groups (broad SMARTS) is 1.